The smallest absolute Gasteiger partial charge is 0.249 e. The fourth-order valence-electron chi connectivity index (χ4n) is 9.20. The molecule has 1 amide bonds. The number of aliphatic hydroxyl groups excluding tert-OH is 7. The molecule has 0 radical (unpaired) electrons. The van der Waals surface area contributed by atoms with Crippen molar-refractivity contribution in [2.24, 2.45) is 0 Å². The van der Waals surface area contributed by atoms with E-state index < -0.39 is 74.2 Å². The van der Waals surface area contributed by atoms with Crippen molar-refractivity contribution < 1.29 is 50.0 Å². The first-order chi connectivity index (χ1) is 32.2. The number of nitrogens with one attached hydrogen (secondary N) is 1. The lowest BCUT2D eigenvalue weighted by molar-refractivity contribution is -0.303. The second-order valence-electron chi connectivity index (χ2n) is 20.0. The first kappa shape index (κ1) is 62.9. The number of amides is 1. The van der Waals surface area contributed by atoms with Gasteiger partial charge in [0.1, 0.15) is 36.6 Å². The molecule has 1 saturated heterocycles. The van der Waals surface area contributed by atoms with Gasteiger partial charge in [0.25, 0.3) is 0 Å². The second-order valence-corrected chi connectivity index (χ2v) is 20.0. The molecule has 0 aromatic heterocycles. The largest absolute Gasteiger partial charge is 0.394 e. The number of unbranched alkanes of at least 4 members (excludes halogenated alkanes) is 34. The van der Waals surface area contributed by atoms with Crippen LogP contribution in [0, 0.1) is 0 Å². The Balaban J connectivity index is 2.12. The van der Waals surface area contributed by atoms with Gasteiger partial charge in [0.05, 0.1) is 25.4 Å². The highest BCUT2D eigenvalue weighted by Crippen LogP contribution is 2.23. The highest BCUT2D eigenvalue weighted by molar-refractivity contribution is 5.80. The van der Waals surface area contributed by atoms with Crippen molar-refractivity contribution in [2.45, 2.75) is 319 Å². The number of hydrogen-bond donors (Lipinski definition) is 8. The molecular formula is C55H107NO10. The zero-order valence-electron chi connectivity index (χ0n) is 42.7. The van der Waals surface area contributed by atoms with Crippen LogP contribution in [0.5, 0.6) is 0 Å². The zero-order chi connectivity index (χ0) is 48.3. The van der Waals surface area contributed by atoms with E-state index in [0.717, 1.165) is 44.9 Å². The Hall–Kier alpha value is -1.15. The molecule has 1 aliphatic rings. The maximum atomic E-state index is 13.1. The Morgan fingerprint density at radius 3 is 1.27 bits per heavy atom. The number of ether oxygens (including phenoxy) is 2. The van der Waals surface area contributed by atoms with Crippen LogP contribution in [0.4, 0.5) is 0 Å². The maximum Gasteiger partial charge on any atom is 0.249 e. The first-order valence-electron chi connectivity index (χ1n) is 28.1. The minimum absolute atomic E-state index is 0.264. The molecule has 0 aliphatic carbocycles. The Labute approximate surface area is 404 Å². The molecule has 66 heavy (non-hydrogen) atoms. The molecular weight excluding hydrogens is 835 g/mol. The summed E-state index contributed by atoms with van der Waals surface area (Å²) in [6.45, 7) is 3.40. The Bertz CT molecular complexity index is 1080. The lowest BCUT2D eigenvalue weighted by Gasteiger charge is -2.40. The minimum atomic E-state index is -1.66. The third-order valence-electron chi connectivity index (χ3n) is 13.8. The molecule has 0 saturated carbocycles. The van der Waals surface area contributed by atoms with Crippen molar-refractivity contribution in [3.63, 3.8) is 0 Å². The van der Waals surface area contributed by atoms with Crippen LogP contribution >= 0.6 is 0 Å². The predicted octanol–water partition coefficient (Wildman–Crippen LogP) is 11.2. The SMILES string of the molecule is CCCCCCCCCCCCCC/C=C\CCCCCCCCCCCCCCCCCCC(O)C(=O)NC(COC1OC(CO)C(O)C(O)C1O)C(O)C(O)CCCCCCCCC. The van der Waals surface area contributed by atoms with Crippen LogP contribution < -0.4 is 5.32 Å². The molecule has 392 valence electrons. The van der Waals surface area contributed by atoms with E-state index in [1.165, 1.54) is 180 Å². The van der Waals surface area contributed by atoms with E-state index in [4.69, 9.17) is 9.47 Å². The van der Waals surface area contributed by atoms with Crippen LogP contribution in [0.25, 0.3) is 0 Å². The summed E-state index contributed by atoms with van der Waals surface area (Å²) in [4.78, 5) is 13.1. The van der Waals surface area contributed by atoms with E-state index in [0.29, 0.717) is 19.3 Å². The number of rotatable bonds is 48. The van der Waals surface area contributed by atoms with Crippen LogP contribution in [0.15, 0.2) is 12.2 Å². The summed E-state index contributed by atoms with van der Waals surface area (Å²) >= 11 is 0. The van der Waals surface area contributed by atoms with E-state index in [2.05, 4.69) is 31.3 Å². The van der Waals surface area contributed by atoms with Crippen molar-refractivity contribution >= 4 is 5.91 Å². The molecule has 0 bridgehead atoms. The standard InChI is InChI=1S/C55H107NO10/c1-3-5-7-9-11-12-13-14-15-16-17-18-19-20-21-22-23-24-25-26-27-28-29-30-31-32-33-34-35-37-39-41-43-48(59)54(64)56-46(50(60)47(58)42-40-38-36-10-8-6-4-2)45-65-55-53(63)52(62)51(61)49(44-57)66-55/h20-21,46-53,55,57-63H,3-19,22-45H2,1-2H3,(H,56,64)/b21-20-. The molecule has 1 heterocycles. The van der Waals surface area contributed by atoms with Crippen molar-refractivity contribution in [1.82, 2.24) is 5.32 Å². The topological polar surface area (TPSA) is 189 Å². The van der Waals surface area contributed by atoms with Crippen LogP contribution in [-0.4, -0.2) is 110 Å². The average Bonchev–Trinajstić information content (AvgIpc) is 3.32. The second kappa shape index (κ2) is 45.0. The van der Waals surface area contributed by atoms with E-state index in [9.17, 15) is 40.5 Å². The van der Waals surface area contributed by atoms with Gasteiger partial charge in [-0.2, -0.15) is 0 Å². The number of aliphatic hydroxyl groups is 7. The summed E-state index contributed by atoms with van der Waals surface area (Å²) in [5.74, 6) is -0.696. The third-order valence-corrected chi connectivity index (χ3v) is 13.8. The summed E-state index contributed by atoms with van der Waals surface area (Å²) in [5.41, 5.74) is 0. The average molecular weight is 942 g/mol. The zero-order valence-corrected chi connectivity index (χ0v) is 42.7. The summed E-state index contributed by atoms with van der Waals surface area (Å²) < 4.78 is 11.1. The molecule has 1 aliphatic heterocycles. The van der Waals surface area contributed by atoms with E-state index in [1.807, 2.05) is 0 Å². The van der Waals surface area contributed by atoms with Crippen molar-refractivity contribution in [1.29, 1.82) is 0 Å². The van der Waals surface area contributed by atoms with Gasteiger partial charge in [0.15, 0.2) is 6.29 Å². The number of allylic oxidation sites excluding steroid dienone is 2. The number of hydrogen-bond acceptors (Lipinski definition) is 10. The summed E-state index contributed by atoms with van der Waals surface area (Å²) in [6, 6.07) is -1.16. The van der Waals surface area contributed by atoms with Gasteiger partial charge < -0.3 is 50.5 Å². The Morgan fingerprint density at radius 2 is 0.879 bits per heavy atom. The quantitative estimate of drug-likeness (QED) is 0.0215. The number of carbonyl (C=O) groups is 1. The predicted molar refractivity (Wildman–Crippen MR) is 270 cm³/mol. The summed E-state index contributed by atoms with van der Waals surface area (Å²) in [6.07, 6.45) is 40.5. The van der Waals surface area contributed by atoms with Crippen molar-refractivity contribution in [2.75, 3.05) is 13.2 Å². The minimum Gasteiger partial charge on any atom is -0.394 e. The van der Waals surface area contributed by atoms with Crippen LogP contribution in [0.1, 0.15) is 264 Å². The highest BCUT2D eigenvalue weighted by atomic mass is 16.7. The monoisotopic (exact) mass is 942 g/mol. The first-order valence-corrected chi connectivity index (χ1v) is 28.1. The molecule has 0 aromatic carbocycles. The van der Waals surface area contributed by atoms with Gasteiger partial charge in [-0.1, -0.05) is 238 Å². The molecule has 1 rings (SSSR count). The highest BCUT2D eigenvalue weighted by Gasteiger charge is 2.44. The van der Waals surface area contributed by atoms with Crippen LogP contribution in [-0.2, 0) is 14.3 Å². The Morgan fingerprint density at radius 1 is 0.515 bits per heavy atom. The molecule has 1 fully saturated rings. The van der Waals surface area contributed by atoms with Gasteiger partial charge in [-0.25, -0.2) is 0 Å². The lowest BCUT2D eigenvalue weighted by atomic mass is 9.98. The molecule has 0 spiro atoms. The van der Waals surface area contributed by atoms with E-state index in [-0.39, 0.29) is 6.42 Å². The van der Waals surface area contributed by atoms with Crippen molar-refractivity contribution in [3.05, 3.63) is 12.2 Å². The summed E-state index contributed by atoms with van der Waals surface area (Å²) in [7, 11) is 0. The van der Waals surface area contributed by atoms with Gasteiger partial charge in [-0.05, 0) is 38.5 Å². The van der Waals surface area contributed by atoms with Gasteiger partial charge in [-0.3, -0.25) is 4.79 Å². The molecule has 11 heteroatoms. The number of carbonyl (C=O) groups excluding carboxylic acids is 1. The van der Waals surface area contributed by atoms with E-state index >= 15 is 0 Å². The molecule has 9 atom stereocenters. The third kappa shape index (κ3) is 33.4. The molecule has 11 nitrogen and oxygen atoms in total. The summed E-state index contributed by atoms with van der Waals surface area (Å²) in [5, 5.41) is 75.5. The molecule has 8 N–H and O–H groups in total. The fraction of sp³-hybridized carbons (Fsp3) is 0.945. The maximum absolute atomic E-state index is 13.1. The lowest BCUT2D eigenvalue weighted by Crippen LogP contribution is -2.60. The fourth-order valence-corrected chi connectivity index (χ4v) is 9.20. The van der Waals surface area contributed by atoms with E-state index in [1.54, 1.807) is 0 Å². The van der Waals surface area contributed by atoms with Gasteiger partial charge in [0.2, 0.25) is 5.91 Å². The van der Waals surface area contributed by atoms with Gasteiger partial charge >= 0.3 is 0 Å². The van der Waals surface area contributed by atoms with Crippen molar-refractivity contribution in [3.8, 4) is 0 Å². The Kier molecular flexibility index (Phi) is 42.9. The van der Waals surface area contributed by atoms with Gasteiger partial charge in [-0.15, -0.1) is 0 Å². The van der Waals surface area contributed by atoms with Crippen LogP contribution in [0.2, 0.25) is 0 Å². The molecule has 9 unspecified atom stereocenters. The van der Waals surface area contributed by atoms with Crippen LogP contribution in [0.3, 0.4) is 0 Å². The molecule has 0 aromatic rings. The van der Waals surface area contributed by atoms with Gasteiger partial charge in [0, 0.05) is 0 Å². The normalized spacial score (nSPS) is 20.8.